The summed E-state index contributed by atoms with van der Waals surface area (Å²) in [4.78, 5) is 40.2. The summed E-state index contributed by atoms with van der Waals surface area (Å²) in [6.07, 6.45) is 2.38. The number of fused-ring (bicyclic) bond motifs is 5. The molecule has 0 radical (unpaired) electrons. The van der Waals surface area contributed by atoms with Gasteiger partial charge in [0.05, 0.1) is 12.6 Å². The lowest BCUT2D eigenvalue weighted by atomic mass is 10.1. The van der Waals surface area contributed by atoms with Crippen LogP contribution in [-0.2, 0) is 17.8 Å². The number of nitrogens with one attached hydrogen (secondary N) is 1. The lowest BCUT2D eigenvalue weighted by molar-refractivity contribution is -0.138. The van der Waals surface area contributed by atoms with E-state index in [9.17, 15) is 23.9 Å². The van der Waals surface area contributed by atoms with Crippen molar-refractivity contribution in [2.75, 3.05) is 0 Å². The number of pyridine rings is 1. The van der Waals surface area contributed by atoms with Gasteiger partial charge in [-0.1, -0.05) is 19.1 Å². The molecular formula is C23H24FN3O5. The smallest absolute Gasteiger partial charge is 0.276 e. The molecule has 9 heteroatoms. The second kappa shape index (κ2) is 7.44. The maximum atomic E-state index is 14.1. The highest BCUT2D eigenvalue weighted by Gasteiger charge is 2.50. The molecule has 168 valence electrons. The molecule has 2 N–H and O–H groups in total. The van der Waals surface area contributed by atoms with E-state index in [1.807, 2.05) is 0 Å². The SMILES string of the molecule is Cc1ccc(CNC(=O)c2cn3c(c(O)c2=O)C(=O)N2[C@H]4CC(C)[C@H](C4)O[C@@H]2C3)c(F)c1. The van der Waals surface area contributed by atoms with Crippen LogP contribution in [0.4, 0.5) is 4.39 Å². The Balaban J connectivity index is 1.43. The van der Waals surface area contributed by atoms with E-state index in [1.54, 1.807) is 24.0 Å². The average Bonchev–Trinajstić information content (AvgIpc) is 3.03. The molecule has 1 saturated heterocycles. The molecule has 1 aromatic carbocycles. The predicted octanol–water partition coefficient (Wildman–Crippen LogP) is 1.91. The number of aryl methyl sites for hydroxylation is 1. The number of hydrogen-bond acceptors (Lipinski definition) is 5. The van der Waals surface area contributed by atoms with Gasteiger partial charge in [-0.2, -0.15) is 0 Å². The number of carbonyl (C=O) groups excluding carboxylic acids is 2. The first kappa shape index (κ1) is 20.7. The summed E-state index contributed by atoms with van der Waals surface area (Å²) in [7, 11) is 0. The summed E-state index contributed by atoms with van der Waals surface area (Å²) in [5.41, 5.74) is -0.346. The predicted molar refractivity (Wildman–Crippen MR) is 112 cm³/mol. The Bertz CT molecular complexity index is 1190. The van der Waals surface area contributed by atoms with Gasteiger partial charge in [0.1, 0.15) is 11.4 Å². The van der Waals surface area contributed by atoms with Crippen LogP contribution in [0.2, 0.25) is 0 Å². The fourth-order valence-corrected chi connectivity index (χ4v) is 5.06. The van der Waals surface area contributed by atoms with E-state index in [0.29, 0.717) is 5.92 Å². The number of halogens is 1. The van der Waals surface area contributed by atoms with Gasteiger partial charge in [-0.3, -0.25) is 14.4 Å². The van der Waals surface area contributed by atoms with Gasteiger partial charge in [-0.15, -0.1) is 0 Å². The first-order valence-corrected chi connectivity index (χ1v) is 10.7. The second-order valence-electron chi connectivity index (χ2n) is 8.94. The highest BCUT2D eigenvalue weighted by molar-refractivity contribution is 5.99. The van der Waals surface area contributed by atoms with Crippen molar-refractivity contribution in [3.8, 4) is 5.75 Å². The van der Waals surface area contributed by atoms with Crippen LogP contribution in [0.25, 0.3) is 0 Å². The highest BCUT2D eigenvalue weighted by Crippen LogP contribution is 2.41. The molecule has 1 aromatic heterocycles. The van der Waals surface area contributed by atoms with Crippen LogP contribution < -0.4 is 10.7 Å². The third-order valence-electron chi connectivity index (χ3n) is 6.76. The quantitative estimate of drug-likeness (QED) is 0.758. The summed E-state index contributed by atoms with van der Waals surface area (Å²) in [6, 6.07) is 4.65. The molecule has 1 unspecified atom stereocenters. The van der Waals surface area contributed by atoms with Gasteiger partial charge in [0.15, 0.2) is 17.7 Å². The maximum absolute atomic E-state index is 14.1. The van der Waals surface area contributed by atoms with E-state index < -0.39 is 35.0 Å². The third-order valence-corrected chi connectivity index (χ3v) is 6.76. The Morgan fingerprint density at radius 1 is 1.31 bits per heavy atom. The van der Waals surface area contributed by atoms with E-state index in [2.05, 4.69) is 12.2 Å². The fraction of sp³-hybridized carbons (Fsp3) is 0.435. The third kappa shape index (κ3) is 3.19. The van der Waals surface area contributed by atoms with E-state index in [-0.39, 0.29) is 42.1 Å². The van der Waals surface area contributed by atoms with E-state index in [4.69, 9.17) is 4.74 Å². The molecule has 1 aliphatic carbocycles. The van der Waals surface area contributed by atoms with Gasteiger partial charge in [0.25, 0.3) is 11.8 Å². The summed E-state index contributed by atoms with van der Waals surface area (Å²) in [5.74, 6) is -2.12. The molecule has 1 saturated carbocycles. The van der Waals surface area contributed by atoms with E-state index >= 15 is 0 Å². The summed E-state index contributed by atoms with van der Waals surface area (Å²) < 4.78 is 21.6. The normalized spacial score (nSPS) is 26.0. The summed E-state index contributed by atoms with van der Waals surface area (Å²) >= 11 is 0. The monoisotopic (exact) mass is 441 g/mol. The average molecular weight is 441 g/mol. The number of amides is 2. The minimum atomic E-state index is -0.930. The molecular weight excluding hydrogens is 417 g/mol. The molecule has 3 aliphatic rings. The number of benzene rings is 1. The number of aromatic nitrogens is 1. The van der Waals surface area contributed by atoms with Gasteiger partial charge in [-0.25, -0.2) is 4.39 Å². The molecule has 3 heterocycles. The topological polar surface area (TPSA) is 101 Å². The Morgan fingerprint density at radius 2 is 2.09 bits per heavy atom. The van der Waals surface area contributed by atoms with Crippen LogP contribution >= 0.6 is 0 Å². The minimum Gasteiger partial charge on any atom is -0.503 e. The van der Waals surface area contributed by atoms with Crippen molar-refractivity contribution < 1.29 is 23.8 Å². The largest absolute Gasteiger partial charge is 0.503 e. The van der Waals surface area contributed by atoms with Crippen molar-refractivity contribution in [2.24, 2.45) is 5.92 Å². The van der Waals surface area contributed by atoms with Crippen molar-refractivity contribution in [3.63, 3.8) is 0 Å². The van der Waals surface area contributed by atoms with Gasteiger partial charge < -0.3 is 24.6 Å². The first-order chi connectivity index (χ1) is 15.2. The number of rotatable bonds is 3. The lowest BCUT2D eigenvalue weighted by Gasteiger charge is -2.44. The fourth-order valence-electron chi connectivity index (χ4n) is 5.06. The van der Waals surface area contributed by atoms with Gasteiger partial charge in [-0.05, 0) is 37.3 Å². The summed E-state index contributed by atoms with van der Waals surface area (Å²) in [6.45, 7) is 3.93. The number of nitrogens with zero attached hydrogens (tertiary/aromatic N) is 2. The van der Waals surface area contributed by atoms with Gasteiger partial charge >= 0.3 is 0 Å². The van der Waals surface area contributed by atoms with Crippen molar-refractivity contribution in [2.45, 2.75) is 58.2 Å². The molecule has 8 nitrogen and oxygen atoms in total. The van der Waals surface area contributed by atoms with Crippen molar-refractivity contribution in [3.05, 3.63) is 62.8 Å². The Morgan fingerprint density at radius 3 is 2.84 bits per heavy atom. The first-order valence-electron chi connectivity index (χ1n) is 10.7. The zero-order chi connectivity index (χ0) is 22.7. The number of carbonyl (C=O) groups is 2. The molecule has 0 spiro atoms. The van der Waals surface area contributed by atoms with Crippen LogP contribution in [0, 0.1) is 18.7 Å². The molecule has 4 atom stereocenters. The Kier molecular flexibility index (Phi) is 4.81. The molecule has 2 aliphatic heterocycles. The second-order valence-corrected chi connectivity index (χ2v) is 8.94. The van der Waals surface area contributed by atoms with Crippen LogP contribution in [0.5, 0.6) is 5.75 Å². The Labute approximate surface area is 183 Å². The molecule has 2 aromatic rings. The Hall–Kier alpha value is -3.20. The lowest BCUT2D eigenvalue weighted by Crippen LogP contribution is -2.57. The number of ether oxygens (including phenoxy) is 1. The number of aromatic hydroxyl groups is 1. The number of hydrogen-bond donors (Lipinski definition) is 2. The molecule has 2 bridgehead atoms. The molecule has 2 fully saturated rings. The zero-order valence-electron chi connectivity index (χ0n) is 17.8. The molecule has 2 amide bonds. The van der Waals surface area contributed by atoms with E-state index in [0.717, 1.165) is 18.4 Å². The van der Waals surface area contributed by atoms with Crippen LogP contribution in [-0.4, -0.2) is 44.8 Å². The van der Waals surface area contributed by atoms with Gasteiger partial charge in [0.2, 0.25) is 5.43 Å². The van der Waals surface area contributed by atoms with Crippen LogP contribution in [0.1, 0.15) is 51.7 Å². The van der Waals surface area contributed by atoms with Crippen LogP contribution in [0.3, 0.4) is 0 Å². The molecule has 5 rings (SSSR count). The molecule has 32 heavy (non-hydrogen) atoms. The standard InChI is InChI=1S/C23H24FN3O5/c1-11-3-4-13(16(24)5-11)8-25-22(30)15-9-26-10-18-27(14-6-12(2)17(7-14)32-18)23(31)19(26)21(29)20(15)28/h3-5,9,12,14,17-18,29H,6-8,10H2,1-2H3,(H,25,30)/t12?,14-,17-,18+/m0/s1. The highest BCUT2D eigenvalue weighted by atomic mass is 19.1. The van der Waals surface area contributed by atoms with Crippen molar-refractivity contribution >= 4 is 11.8 Å². The van der Waals surface area contributed by atoms with E-state index in [1.165, 1.54) is 16.8 Å². The zero-order valence-corrected chi connectivity index (χ0v) is 17.8. The van der Waals surface area contributed by atoms with Crippen molar-refractivity contribution in [1.29, 1.82) is 0 Å². The van der Waals surface area contributed by atoms with Crippen molar-refractivity contribution in [1.82, 2.24) is 14.8 Å². The maximum Gasteiger partial charge on any atom is 0.276 e. The van der Waals surface area contributed by atoms with Crippen LogP contribution in [0.15, 0.2) is 29.2 Å². The minimum absolute atomic E-state index is 0.0110. The van der Waals surface area contributed by atoms with Gasteiger partial charge in [0, 0.05) is 24.3 Å². The summed E-state index contributed by atoms with van der Waals surface area (Å²) in [5, 5.41) is 13.1.